The molecule has 0 aromatic rings. The van der Waals surface area contributed by atoms with E-state index in [1.807, 2.05) is 13.8 Å². The van der Waals surface area contributed by atoms with Crippen molar-refractivity contribution in [2.45, 2.75) is 65.6 Å². The van der Waals surface area contributed by atoms with Crippen LogP contribution in [0.2, 0.25) is 0 Å². The molecule has 1 heterocycles. The third-order valence-electron chi connectivity index (χ3n) is 3.07. The highest BCUT2D eigenvalue weighted by Gasteiger charge is 2.48. The molecule has 0 bridgehead atoms. The molecule has 1 unspecified atom stereocenters. The Labute approximate surface area is 93.4 Å². The molecule has 1 atom stereocenters. The Hall–Kier alpha value is -0.370. The van der Waals surface area contributed by atoms with Crippen LogP contribution in [-0.2, 0) is 9.53 Å². The van der Waals surface area contributed by atoms with Crippen molar-refractivity contribution in [3.05, 3.63) is 0 Å². The number of hydrogen-bond acceptors (Lipinski definition) is 2. The molecular weight excluding hydrogens is 188 g/mol. The Kier molecular flexibility index (Phi) is 3.30. The van der Waals surface area contributed by atoms with Gasteiger partial charge in [0.25, 0.3) is 0 Å². The molecule has 0 aromatic heterocycles. The smallest absolute Gasteiger partial charge is 0.139 e. The Morgan fingerprint density at radius 3 is 2.20 bits per heavy atom. The van der Waals surface area contributed by atoms with E-state index in [2.05, 4.69) is 27.7 Å². The van der Waals surface area contributed by atoms with Crippen LogP contribution in [0, 0.1) is 11.8 Å². The Balaban J connectivity index is 2.74. The number of ether oxygens (including phenoxy) is 1. The Morgan fingerprint density at radius 1 is 1.33 bits per heavy atom. The van der Waals surface area contributed by atoms with E-state index in [1.54, 1.807) is 0 Å². The van der Waals surface area contributed by atoms with Crippen LogP contribution >= 0.6 is 0 Å². The standard InChI is InChI=1S/C13H24O2/c1-9(2)7-11(14)10-8-12(3,4)15-13(10,5)6/h9-10H,7-8H2,1-6H3. The number of carbonyl (C=O) groups excluding carboxylic acids is 1. The predicted molar refractivity (Wildman–Crippen MR) is 61.8 cm³/mol. The molecule has 0 spiro atoms. The zero-order chi connectivity index (χ0) is 11.9. The first kappa shape index (κ1) is 12.7. The van der Waals surface area contributed by atoms with E-state index >= 15 is 0 Å². The van der Waals surface area contributed by atoms with E-state index in [9.17, 15) is 4.79 Å². The van der Waals surface area contributed by atoms with Gasteiger partial charge in [-0.25, -0.2) is 0 Å². The molecule has 2 nitrogen and oxygen atoms in total. The lowest BCUT2D eigenvalue weighted by Crippen LogP contribution is -2.34. The fourth-order valence-electron chi connectivity index (χ4n) is 2.61. The normalized spacial score (nSPS) is 28.3. The van der Waals surface area contributed by atoms with Crippen molar-refractivity contribution in [2.75, 3.05) is 0 Å². The maximum atomic E-state index is 12.1. The highest BCUT2D eigenvalue weighted by Crippen LogP contribution is 2.43. The summed E-state index contributed by atoms with van der Waals surface area (Å²) in [6, 6.07) is 0. The summed E-state index contributed by atoms with van der Waals surface area (Å²) in [5.74, 6) is 0.868. The molecule has 1 fully saturated rings. The zero-order valence-electron chi connectivity index (χ0n) is 10.9. The second kappa shape index (κ2) is 3.89. The molecule has 1 aliphatic heterocycles. The fraction of sp³-hybridized carbons (Fsp3) is 0.923. The molecule has 2 heteroatoms. The van der Waals surface area contributed by atoms with Gasteiger partial charge in [-0.15, -0.1) is 0 Å². The molecule has 0 saturated carbocycles. The van der Waals surface area contributed by atoms with Gasteiger partial charge in [-0.1, -0.05) is 13.8 Å². The van der Waals surface area contributed by atoms with Crippen LogP contribution in [0.3, 0.4) is 0 Å². The Bertz CT molecular complexity index is 251. The summed E-state index contributed by atoms with van der Waals surface area (Å²) in [4.78, 5) is 12.1. The van der Waals surface area contributed by atoms with Gasteiger partial charge in [0.05, 0.1) is 11.2 Å². The van der Waals surface area contributed by atoms with Crippen molar-refractivity contribution in [1.29, 1.82) is 0 Å². The van der Waals surface area contributed by atoms with Crippen LogP contribution in [-0.4, -0.2) is 17.0 Å². The third kappa shape index (κ3) is 3.04. The topological polar surface area (TPSA) is 26.3 Å². The lowest BCUT2D eigenvalue weighted by molar-refractivity contribution is -0.130. The summed E-state index contributed by atoms with van der Waals surface area (Å²) in [6.45, 7) is 12.4. The molecule has 0 radical (unpaired) electrons. The van der Waals surface area contributed by atoms with Crippen LogP contribution in [0.4, 0.5) is 0 Å². The van der Waals surface area contributed by atoms with Gasteiger partial charge in [-0.3, -0.25) is 4.79 Å². The predicted octanol–water partition coefficient (Wildman–Crippen LogP) is 3.20. The molecule has 15 heavy (non-hydrogen) atoms. The number of hydrogen-bond donors (Lipinski definition) is 0. The largest absolute Gasteiger partial charge is 0.369 e. The van der Waals surface area contributed by atoms with Gasteiger partial charge < -0.3 is 4.74 Å². The summed E-state index contributed by atoms with van der Waals surface area (Å²) >= 11 is 0. The average molecular weight is 212 g/mol. The minimum atomic E-state index is -0.296. The third-order valence-corrected chi connectivity index (χ3v) is 3.07. The summed E-state index contributed by atoms with van der Waals surface area (Å²) < 4.78 is 5.93. The van der Waals surface area contributed by atoms with E-state index in [0.717, 1.165) is 6.42 Å². The SMILES string of the molecule is CC(C)CC(=O)C1CC(C)(C)OC1(C)C. The summed E-state index contributed by atoms with van der Waals surface area (Å²) in [6.07, 6.45) is 1.53. The maximum absolute atomic E-state index is 12.1. The fourth-order valence-corrected chi connectivity index (χ4v) is 2.61. The van der Waals surface area contributed by atoms with Crippen molar-refractivity contribution in [2.24, 2.45) is 11.8 Å². The molecule has 1 saturated heterocycles. The van der Waals surface area contributed by atoms with Crippen molar-refractivity contribution < 1.29 is 9.53 Å². The summed E-state index contributed by atoms with van der Waals surface area (Å²) in [5.41, 5.74) is -0.448. The maximum Gasteiger partial charge on any atom is 0.139 e. The molecule has 1 aliphatic rings. The summed E-state index contributed by atoms with van der Waals surface area (Å²) in [5, 5.41) is 0. The van der Waals surface area contributed by atoms with Crippen LogP contribution in [0.15, 0.2) is 0 Å². The molecule has 0 aliphatic carbocycles. The number of ketones is 1. The quantitative estimate of drug-likeness (QED) is 0.718. The van der Waals surface area contributed by atoms with Crippen LogP contribution < -0.4 is 0 Å². The molecule has 1 rings (SSSR count). The van der Waals surface area contributed by atoms with E-state index in [1.165, 1.54) is 0 Å². The second-order valence-electron chi connectivity index (χ2n) is 6.29. The van der Waals surface area contributed by atoms with E-state index in [-0.39, 0.29) is 17.1 Å². The van der Waals surface area contributed by atoms with Gasteiger partial charge in [0.15, 0.2) is 0 Å². The molecule has 88 valence electrons. The van der Waals surface area contributed by atoms with Gasteiger partial charge in [0.1, 0.15) is 5.78 Å². The van der Waals surface area contributed by atoms with E-state index in [4.69, 9.17) is 4.74 Å². The van der Waals surface area contributed by atoms with Gasteiger partial charge >= 0.3 is 0 Å². The van der Waals surface area contributed by atoms with Crippen LogP contribution in [0.25, 0.3) is 0 Å². The average Bonchev–Trinajstić information content (AvgIpc) is 2.17. The minimum Gasteiger partial charge on any atom is -0.369 e. The van der Waals surface area contributed by atoms with Crippen molar-refractivity contribution >= 4 is 5.78 Å². The van der Waals surface area contributed by atoms with Crippen molar-refractivity contribution in [3.63, 3.8) is 0 Å². The Morgan fingerprint density at radius 2 is 1.87 bits per heavy atom. The van der Waals surface area contributed by atoms with Gasteiger partial charge in [0, 0.05) is 12.3 Å². The minimum absolute atomic E-state index is 0.0647. The number of rotatable bonds is 3. The lowest BCUT2D eigenvalue weighted by Gasteiger charge is -2.26. The monoisotopic (exact) mass is 212 g/mol. The van der Waals surface area contributed by atoms with Crippen LogP contribution in [0.1, 0.15) is 54.4 Å². The van der Waals surface area contributed by atoms with Crippen molar-refractivity contribution in [3.8, 4) is 0 Å². The molecule has 0 aromatic carbocycles. The summed E-state index contributed by atoms with van der Waals surface area (Å²) in [7, 11) is 0. The first-order chi connectivity index (χ1) is 6.64. The first-order valence-electron chi connectivity index (χ1n) is 5.87. The highest BCUT2D eigenvalue weighted by atomic mass is 16.5. The van der Waals surface area contributed by atoms with E-state index in [0.29, 0.717) is 18.1 Å². The zero-order valence-corrected chi connectivity index (χ0v) is 10.9. The molecule has 0 N–H and O–H groups in total. The highest BCUT2D eigenvalue weighted by molar-refractivity contribution is 5.82. The van der Waals surface area contributed by atoms with Crippen molar-refractivity contribution in [1.82, 2.24) is 0 Å². The van der Waals surface area contributed by atoms with Crippen LogP contribution in [0.5, 0.6) is 0 Å². The molecule has 0 amide bonds. The van der Waals surface area contributed by atoms with Gasteiger partial charge in [-0.05, 0) is 40.0 Å². The van der Waals surface area contributed by atoms with E-state index < -0.39 is 0 Å². The van der Waals surface area contributed by atoms with Gasteiger partial charge in [-0.2, -0.15) is 0 Å². The lowest BCUT2D eigenvalue weighted by atomic mass is 9.81. The number of carbonyl (C=O) groups is 1. The first-order valence-corrected chi connectivity index (χ1v) is 5.87. The van der Waals surface area contributed by atoms with Gasteiger partial charge in [0.2, 0.25) is 0 Å². The second-order valence-corrected chi connectivity index (χ2v) is 6.29. The molecular formula is C13H24O2. The number of Topliss-reactive ketones (excluding diaryl/α,β-unsaturated/α-hetero) is 1.